The van der Waals surface area contributed by atoms with Gasteiger partial charge in [-0.1, -0.05) is 71.9 Å². The average Bonchev–Trinajstić information content (AvgIpc) is 2.81. The van der Waals surface area contributed by atoms with Gasteiger partial charge < -0.3 is 19.9 Å². The number of likely N-dealkylation sites (N-methyl/N-ethyl adjacent to an activating group) is 1. The molecule has 5 nitrogen and oxygen atoms in total. The fourth-order valence-corrected chi connectivity index (χ4v) is 3.21. The summed E-state index contributed by atoms with van der Waals surface area (Å²) >= 11 is 0. The quantitative estimate of drug-likeness (QED) is 0.584. The summed E-state index contributed by atoms with van der Waals surface area (Å²) in [6.45, 7) is 19.8. The highest BCUT2D eigenvalue weighted by atomic mass is 16.6. The highest BCUT2D eigenvalue weighted by Gasteiger charge is 2.23. The standard InChI is InChI=1S/C20H33N3O2.2C2H6/c1-3-22(4-2)15-12-21-16-18-10-13-23(14-11-18)20(24)25-17-19-8-6-5-7-9-19;2*1-2/h5-9,18,21H,3-4,10-17H2,1-2H3;2*1-2H3. The summed E-state index contributed by atoms with van der Waals surface area (Å²) in [5.41, 5.74) is 1.03. The Bertz CT molecular complexity index is 484. The molecule has 0 unspecified atom stereocenters. The Morgan fingerprint density at radius 1 is 1.07 bits per heavy atom. The molecule has 1 aromatic carbocycles. The van der Waals surface area contributed by atoms with Crippen molar-refractivity contribution in [3.05, 3.63) is 35.9 Å². The van der Waals surface area contributed by atoms with Crippen LogP contribution in [0.3, 0.4) is 0 Å². The van der Waals surface area contributed by atoms with Gasteiger partial charge in [-0.05, 0) is 44.0 Å². The van der Waals surface area contributed by atoms with Crippen LogP contribution in [0.15, 0.2) is 30.3 Å². The van der Waals surface area contributed by atoms with Crippen LogP contribution in [-0.4, -0.2) is 61.7 Å². The fraction of sp³-hybridized carbons (Fsp3) is 0.708. The lowest BCUT2D eigenvalue weighted by molar-refractivity contribution is 0.0821. The number of hydrogen-bond acceptors (Lipinski definition) is 4. The number of amides is 1. The molecule has 29 heavy (non-hydrogen) atoms. The molecule has 0 bridgehead atoms. The van der Waals surface area contributed by atoms with Gasteiger partial charge in [0.25, 0.3) is 0 Å². The third-order valence-corrected chi connectivity index (χ3v) is 5.01. The van der Waals surface area contributed by atoms with Crippen molar-refractivity contribution in [3.63, 3.8) is 0 Å². The van der Waals surface area contributed by atoms with Crippen LogP contribution in [-0.2, 0) is 11.3 Å². The number of nitrogens with one attached hydrogen (secondary N) is 1. The maximum atomic E-state index is 12.2. The highest BCUT2D eigenvalue weighted by molar-refractivity contribution is 5.67. The lowest BCUT2D eigenvalue weighted by atomic mass is 9.97. The summed E-state index contributed by atoms with van der Waals surface area (Å²) in [7, 11) is 0. The number of rotatable bonds is 9. The van der Waals surface area contributed by atoms with Gasteiger partial charge in [-0.3, -0.25) is 0 Å². The zero-order valence-electron chi connectivity index (χ0n) is 19.7. The first-order valence-electron chi connectivity index (χ1n) is 11.6. The number of carbonyl (C=O) groups excluding carboxylic acids is 1. The van der Waals surface area contributed by atoms with Crippen molar-refractivity contribution in [2.75, 3.05) is 45.8 Å². The fourth-order valence-electron chi connectivity index (χ4n) is 3.21. The van der Waals surface area contributed by atoms with Crippen molar-refractivity contribution >= 4 is 6.09 Å². The van der Waals surface area contributed by atoms with Crippen LogP contribution in [0.2, 0.25) is 0 Å². The Morgan fingerprint density at radius 2 is 1.66 bits per heavy atom. The van der Waals surface area contributed by atoms with Gasteiger partial charge >= 0.3 is 6.09 Å². The van der Waals surface area contributed by atoms with Crippen molar-refractivity contribution < 1.29 is 9.53 Å². The Hall–Kier alpha value is -1.59. The molecule has 0 aromatic heterocycles. The first-order valence-corrected chi connectivity index (χ1v) is 11.6. The van der Waals surface area contributed by atoms with Crippen molar-refractivity contribution in [2.45, 2.75) is 61.0 Å². The van der Waals surface area contributed by atoms with Crippen LogP contribution in [0.5, 0.6) is 0 Å². The van der Waals surface area contributed by atoms with Gasteiger partial charge in [0.1, 0.15) is 6.61 Å². The molecule has 1 aliphatic rings. The minimum absolute atomic E-state index is 0.184. The Labute approximate surface area is 179 Å². The molecule has 1 N–H and O–H groups in total. The predicted molar refractivity (Wildman–Crippen MR) is 124 cm³/mol. The monoisotopic (exact) mass is 407 g/mol. The second kappa shape index (κ2) is 18.4. The van der Waals surface area contributed by atoms with Gasteiger partial charge in [-0.25, -0.2) is 4.79 Å². The van der Waals surface area contributed by atoms with E-state index in [-0.39, 0.29) is 6.09 Å². The molecule has 0 radical (unpaired) electrons. The van der Waals surface area contributed by atoms with E-state index in [0.29, 0.717) is 12.5 Å². The molecule has 2 rings (SSSR count). The second-order valence-corrected chi connectivity index (χ2v) is 6.70. The summed E-state index contributed by atoms with van der Waals surface area (Å²) in [5, 5.41) is 3.57. The first-order chi connectivity index (χ1) is 14.2. The third-order valence-electron chi connectivity index (χ3n) is 5.01. The molecule has 1 aromatic rings. The third kappa shape index (κ3) is 11.9. The summed E-state index contributed by atoms with van der Waals surface area (Å²) in [4.78, 5) is 16.4. The molecular formula is C24H45N3O2. The average molecular weight is 408 g/mol. The Balaban J connectivity index is 0.00000184. The number of benzene rings is 1. The van der Waals surface area contributed by atoms with Crippen LogP contribution >= 0.6 is 0 Å². The second-order valence-electron chi connectivity index (χ2n) is 6.70. The van der Waals surface area contributed by atoms with Crippen LogP contribution < -0.4 is 5.32 Å². The summed E-state index contributed by atoms with van der Waals surface area (Å²) in [6, 6.07) is 9.84. The molecule has 168 valence electrons. The van der Waals surface area contributed by atoms with E-state index in [2.05, 4.69) is 24.1 Å². The number of nitrogens with zero attached hydrogens (tertiary/aromatic N) is 2. The van der Waals surface area contributed by atoms with Gasteiger partial charge in [0.2, 0.25) is 0 Å². The summed E-state index contributed by atoms with van der Waals surface area (Å²) in [6.07, 6.45) is 1.93. The molecule has 1 saturated heterocycles. The van der Waals surface area contributed by atoms with Crippen LogP contribution in [0.25, 0.3) is 0 Å². The minimum Gasteiger partial charge on any atom is -0.445 e. The van der Waals surface area contributed by atoms with Crippen molar-refractivity contribution in [2.24, 2.45) is 5.92 Å². The molecule has 1 fully saturated rings. The van der Waals surface area contributed by atoms with E-state index < -0.39 is 0 Å². The van der Waals surface area contributed by atoms with Gasteiger partial charge in [-0.15, -0.1) is 0 Å². The molecule has 0 atom stereocenters. The zero-order chi connectivity index (χ0) is 21.9. The van der Waals surface area contributed by atoms with E-state index in [0.717, 1.165) is 64.2 Å². The number of piperidine rings is 1. The number of carbonyl (C=O) groups is 1. The van der Waals surface area contributed by atoms with E-state index in [1.165, 1.54) is 0 Å². The van der Waals surface area contributed by atoms with E-state index in [9.17, 15) is 4.79 Å². The molecule has 5 heteroatoms. The number of hydrogen-bond donors (Lipinski definition) is 1. The molecular weight excluding hydrogens is 362 g/mol. The van der Waals surface area contributed by atoms with Crippen molar-refractivity contribution in [3.8, 4) is 0 Å². The summed E-state index contributed by atoms with van der Waals surface area (Å²) < 4.78 is 5.42. The lowest BCUT2D eigenvalue weighted by Gasteiger charge is -2.31. The number of likely N-dealkylation sites (tertiary alicyclic amines) is 1. The predicted octanol–water partition coefficient (Wildman–Crippen LogP) is 5.02. The normalized spacial score (nSPS) is 13.8. The molecule has 0 saturated carbocycles. The van der Waals surface area contributed by atoms with E-state index in [4.69, 9.17) is 4.74 Å². The molecule has 1 heterocycles. The Morgan fingerprint density at radius 3 is 2.21 bits per heavy atom. The Kier molecular flexibility index (Phi) is 17.4. The first kappa shape index (κ1) is 27.4. The SMILES string of the molecule is CC.CC.CCN(CC)CCNCC1CCN(C(=O)OCc2ccccc2)CC1. The van der Waals surface area contributed by atoms with Crippen molar-refractivity contribution in [1.82, 2.24) is 15.1 Å². The minimum atomic E-state index is -0.184. The molecule has 1 amide bonds. The zero-order valence-corrected chi connectivity index (χ0v) is 19.7. The van der Waals surface area contributed by atoms with Gasteiger partial charge in [-0.2, -0.15) is 0 Å². The smallest absolute Gasteiger partial charge is 0.410 e. The molecule has 0 spiro atoms. The number of ether oxygens (including phenoxy) is 1. The van der Waals surface area contributed by atoms with Crippen LogP contribution in [0.1, 0.15) is 59.9 Å². The maximum absolute atomic E-state index is 12.2. The van der Waals surface area contributed by atoms with Gasteiger partial charge in [0.15, 0.2) is 0 Å². The maximum Gasteiger partial charge on any atom is 0.410 e. The van der Waals surface area contributed by atoms with E-state index in [1.807, 2.05) is 62.9 Å². The van der Waals surface area contributed by atoms with Gasteiger partial charge in [0.05, 0.1) is 0 Å². The molecule has 1 aliphatic heterocycles. The summed E-state index contributed by atoms with van der Waals surface area (Å²) in [5.74, 6) is 0.662. The topological polar surface area (TPSA) is 44.8 Å². The van der Waals surface area contributed by atoms with E-state index >= 15 is 0 Å². The molecule has 0 aliphatic carbocycles. The van der Waals surface area contributed by atoms with Crippen molar-refractivity contribution in [1.29, 1.82) is 0 Å². The highest BCUT2D eigenvalue weighted by Crippen LogP contribution is 2.17. The van der Waals surface area contributed by atoms with E-state index in [1.54, 1.807) is 0 Å². The van der Waals surface area contributed by atoms with Gasteiger partial charge in [0, 0.05) is 26.2 Å². The lowest BCUT2D eigenvalue weighted by Crippen LogP contribution is -2.41. The largest absolute Gasteiger partial charge is 0.445 e. The van der Waals surface area contributed by atoms with Crippen LogP contribution in [0.4, 0.5) is 4.79 Å². The van der Waals surface area contributed by atoms with Crippen LogP contribution in [0, 0.1) is 5.92 Å².